The molecule has 1 aliphatic rings. The van der Waals surface area contributed by atoms with Crippen LogP contribution in [0.2, 0.25) is 0 Å². The molecule has 0 aromatic heterocycles. The smallest absolute Gasteiger partial charge is 0.221 e. The van der Waals surface area contributed by atoms with E-state index in [2.05, 4.69) is 17.2 Å². The number of thioether (sulfide) groups is 1. The fraction of sp³-hybridized carbons (Fsp3) is 0.667. The average molecular weight is 271 g/mol. The molecule has 2 N–H and O–H groups in total. The Morgan fingerprint density at radius 2 is 2.40 bits per heavy atom. The van der Waals surface area contributed by atoms with Crippen LogP contribution in [0.25, 0.3) is 0 Å². The van der Waals surface area contributed by atoms with Gasteiger partial charge in [0.15, 0.2) is 0 Å². The van der Waals surface area contributed by atoms with E-state index < -0.39 is 0 Å². The summed E-state index contributed by atoms with van der Waals surface area (Å²) in [6.07, 6.45) is 0.525. The van der Waals surface area contributed by atoms with Crippen LogP contribution < -0.4 is 10.6 Å². The Bertz CT molecular complexity index is 220. The van der Waals surface area contributed by atoms with Crippen LogP contribution in [0.1, 0.15) is 6.42 Å². The van der Waals surface area contributed by atoms with Gasteiger partial charge in [0.1, 0.15) is 0 Å². The number of halogens is 2. The molecule has 0 bridgehead atoms. The Hall–Kier alpha value is 0.1000. The molecule has 1 heterocycles. The summed E-state index contributed by atoms with van der Waals surface area (Å²) in [4.78, 5) is 11.4. The van der Waals surface area contributed by atoms with E-state index in [0.717, 1.165) is 18.1 Å². The SMILES string of the molecule is C=C(Cl)CNC(=O)CC1CSCCN1.Cl. The number of nitrogens with one attached hydrogen (secondary N) is 2. The van der Waals surface area contributed by atoms with Crippen LogP contribution in [0.4, 0.5) is 0 Å². The number of amides is 1. The molecule has 1 amide bonds. The van der Waals surface area contributed by atoms with Crippen LogP contribution in [0, 0.1) is 0 Å². The van der Waals surface area contributed by atoms with Gasteiger partial charge >= 0.3 is 0 Å². The molecule has 1 atom stereocenters. The molecule has 1 fully saturated rings. The lowest BCUT2D eigenvalue weighted by atomic mass is 10.2. The van der Waals surface area contributed by atoms with Gasteiger partial charge in [-0.15, -0.1) is 12.4 Å². The third-order valence-electron chi connectivity index (χ3n) is 1.91. The van der Waals surface area contributed by atoms with Gasteiger partial charge in [0.05, 0.1) is 6.54 Å². The van der Waals surface area contributed by atoms with Crippen molar-refractivity contribution in [1.29, 1.82) is 0 Å². The lowest BCUT2D eigenvalue weighted by Crippen LogP contribution is -2.41. The molecule has 1 rings (SSSR count). The molecule has 0 spiro atoms. The Morgan fingerprint density at radius 3 is 2.93 bits per heavy atom. The normalized spacial score (nSPS) is 20.2. The zero-order valence-corrected chi connectivity index (χ0v) is 10.8. The molecule has 6 heteroatoms. The van der Waals surface area contributed by atoms with Crippen LogP contribution in [0.15, 0.2) is 11.6 Å². The van der Waals surface area contributed by atoms with Gasteiger partial charge in [-0.05, 0) is 0 Å². The van der Waals surface area contributed by atoms with E-state index in [9.17, 15) is 4.79 Å². The molecule has 88 valence electrons. The minimum Gasteiger partial charge on any atom is -0.351 e. The van der Waals surface area contributed by atoms with Gasteiger partial charge in [0.25, 0.3) is 0 Å². The second-order valence-electron chi connectivity index (χ2n) is 3.22. The lowest BCUT2D eigenvalue weighted by Gasteiger charge is -2.22. The fourth-order valence-electron chi connectivity index (χ4n) is 1.24. The predicted octanol–water partition coefficient (Wildman–Crippen LogP) is 1.37. The summed E-state index contributed by atoms with van der Waals surface area (Å²) >= 11 is 7.42. The van der Waals surface area contributed by atoms with E-state index in [1.54, 1.807) is 0 Å². The maximum absolute atomic E-state index is 11.4. The molecular weight excluding hydrogens is 255 g/mol. The highest BCUT2D eigenvalue weighted by Gasteiger charge is 2.16. The maximum Gasteiger partial charge on any atom is 0.221 e. The fourth-order valence-corrected chi connectivity index (χ4v) is 2.26. The average Bonchev–Trinajstić information content (AvgIpc) is 2.16. The summed E-state index contributed by atoms with van der Waals surface area (Å²) in [5.41, 5.74) is 0. The van der Waals surface area contributed by atoms with Crippen LogP contribution in [0.5, 0.6) is 0 Å². The third kappa shape index (κ3) is 7.06. The summed E-state index contributed by atoms with van der Waals surface area (Å²) in [5.74, 6) is 2.18. The highest BCUT2D eigenvalue weighted by molar-refractivity contribution is 7.99. The quantitative estimate of drug-likeness (QED) is 0.811. The Morgan fingerprint density at radius 1 is 1.67 bits per heavy atom. The Kier molecular flexibility index (Phi) is 8.33. The molecule has 0 saturated carbocycles. The summed E-state index contributed by atoms with van der Waals surface area (Å²) in [7, 11) is 0. The minimum absolute atomic E-state index is 0. The van der Waals surface area contributed by atoms with E-state index in [4.69, 9.17) is 11.6 Å². The molecule has 15 heavy (non-hydrogen) atoms. The third-order valence-corrected chi connectivity index (χ3v) is 3.17. The van der Waals surface area contributed by atoms with Crippen molar-refractivity contribution in [2.24, 2.45) is 0 Å². The Balaban J connectivity index is 0.00000196. The highest BCUT2D eigenvalue weighted by atomic mass is 35.5. The first kappa shape index (κ1) is 15.1. The minimum atomic E-state index is 0. The largest absolute Gasteiger partial charge is 0.351 e. The zero-order valence-electron chi connectivity index (χ0n) is 8.42. The van der Waals surface area contributed by atoms with Gasteiger partial charge in [-0.3, -0.25) is 4.79 Å². The molecule has 1 unspecified atom stereocenters. The van der Waals surface area contributed by atoms with Crippen molar-refractivity contribution in [2.45, 2.75) is 12.5 Å². The number of hydrogen-bond acceptors (Lipinski definition) is 3. The first-order valence-electron chi connectivity index (χ1n) is 4.59. The highest BCUT2D eigenvalue weighted by Crippen LogP contribution is 2.09. The molecule has 0 aromatic carbocycles. The zero-order chi connectivity index (χ0) is 10.4. The van der Waals surface area contributed by atoms with Crippen LogP contribution in [-0.4, -0.2) is 36.5 Å². The van der Waals surface area contributed by atoms with Crippen molar-refractivity contribution in [3.63, 3.8) is 0 Å². The number of rotatable bonds is 4. The first-order chi connectivity index (χ1) is 6.68. The Labute approximate surface area is 106 Å². The van der Waals surface area contributed by atoms with Crippen molar-refractivity contribution in [3.05, 3.63) is 11.6 Å². The van der Waals surface area contributed by atoms with E-state index in [-0.39, 0.29) is 18.3 Å². The van der Waals surface area contributed by atoms with Crippen molar-refractivity contribution < 1.29 is 4.79 Å². The predicted molar refractivity (Wildman–Crippen MR) is 69.0 cm³/mol. The standard InChI is InChI=1S/C9H15ClN2OS.ClH/c1-7(10)5-12-9(13)4-8-6-14-3-2-11-8;/h8,11H,1-6H2,(H,12,13);1H. The van der Waals surface area contributed by atoms with Crippen molar-refractivity contribution >= 4 is 41.7 Å². The number of carbonyl (C=O) groups is 1. The van der Waals surface area contributed by atoms with Gasteiger partial charge < -0.3 is 10.6 Å². The second kappa shape index (κ2) is 8.28. The monoisotopic (exact) mass is 270 g/mol. The van der Waals surface area contributed by atoms with Gasteiger partial charge in [-0.2, -0.15) is 11.8 Å². The lowest BCUT2D eigenvalue weighted by molar-refractivity contribution is -0.121. The molecular formula is C9H16Cl2N2OS. The van der Waals surface area contributed by atoms with Crippen LogP contribution in [0.3, 0.4) is 0 Å². The van der Waals surface area contributed by atoms with Crippen LogP contribution >= 0.6 is 35.8 Å². The topological polar surface area (TPSA) is 41.1 Å². The van der Waals surface area contributed by atoms with Gasteiger partial charge in [-0.25, -0.2) is 0 Å². The van der Waals surface area contributed by atoms with Crippen molar-refractivity contribution in [3.8, 4) is 0 Å². The maximum atomic E-state index is 11.4. The number of hydrogen-bond donors (Lipinski definition) is 2. The van der Waals surface area contributed by atoms with Crippen LogP contribution in [-0.2, 0) is 4.79 Å². The van der Waals surface area contributed by atoms with E-state index in [1.165, 1.54) is 0 Å². The summed E-state index contributed by atoms with van der Waals surface area (Å²) in [6, 6.07) is 0.303. The number of carbonyl (C=O) groups excluding carboxylic acids is 1. The molecule has 0 radical (unpaired) electrons. The van der Waals surface area contributed by atoms with Gasteiger partial charge in [-0.1, -0.05) is 18.2 Å². The second-order valence-corrected chi connectivity index (χ2v) is 4.91. The molecule has 3 nitrogen and oxygen atoms in total. The van der Waals surface area contributed by atoms with Crippen molar-refractivity contribution in [2.75, 3.05) is 24.6 Å². The van der Waals surface area contributed by atoms with E-state index >= 15 is 0 Å². The summed E-state index contributed by atoms with van der Waals surface area (Å²) < 4.78 is 0. The summed E-state index contributed by atoms with van der Waals surface area (Å²) in [6.45, 7) is 4.86. The molecule has 0 aromatic rings. The van der Waals surface area contributed by atoms with E-state index in [1.807, 2.05) is 11.8 Å². The first-order valence-corrected chi connectivity index (χ1v) is 6.13. The molecule has 0 aliphatic carbocycles. The van der Waals surface area contributed by atoms with Gasteiger partial charge in [0.2, 0.25) is 5.91 Å². The van der Waals surface area contributed by atoms with E-state index in [0.29, 0.717) is 24.0 Å². The van der Waals surface area contributed by atoms with Gasteiger partial charge in [0, 0.05) is 35.5 Å². The van der Waals surface area contributed by atoms with Crippen molar-refractivity contribution in [1.82, 2.24) is 10.6 Å². The molecule has 1 saturated heterocycles. The molecule has 1 aliphatic heterocycles. The summed E-state index contributed by atoms with van der Waals surface area (Å²) in [5, 5.41) is 6.47.